The van der Waals surface area contributed by atoms with Gasteiger partial charge in [-0.05, 0) is 30.7 Å². The van der Waals surface area contributed by atoms with E-state index in [1.165, 1.54) is 51.9 Å². The van der Waals surface area contributed by atoms with Crippen molar-refractivity contribution in [1.82, 2.24) is 14.6 Å². The summed E-state index contributed by atoms with van der Waals surface area (Å²) < 4.78 is 15.3. The summed E-state index contributed by atoms with van der Waals surface area (Å²) in [6.07, 6.45) is 1.76. The number of amides is 1. The Morgan fingerprint density at radius 3 is 2.77 bits per heavy atom. The van der Waals surface area contributed by atoms with E-state index in [1.54, 1.807) is 18.2 Å². The van der Waals surface area contributed by atoms with Crippen LogP contribution in [0, 0.1) is 5.82 Å². The van der Waals surface area contributed by atoms with Crippen molar-refractivity contribution >= 4 is 39.7 Å². The van der Waals surface area contributed by atoms with Crippen LogP contribution in [-0.2, 0) is 12.2 Å². The maximum atomic E-state index is 13.9. The van der Waals surface area contributed by atoms with E-state index >= 15 is 0 Å². The first-order chi connectivity index (χ1) is 15.0. The Hall–Kier alpha value is -3.04. The molecule has 0 bridgehead atoms. The molecule has 2 heterocycles. The van der Waals surface area contributed by atoms with Gasteiger partial charge in [0.1, 0.15) is 10.8 Å². The Bertz CT molecular complexity index is 1300. The molecule has 0 aliphatic carbocycles. The first kappa shape index (κ1) is 21.2. The number of anilines is 1. The van der Waals surface area contributed by atoms with Gasteiger partial charge in [-0.2, -0.15) is 9.61 Å². The number of thioether (sulfide) groups is 1. The largest absolute Gasteiger partial charge is 0.321 e. The summed E-state index contributed by atoms with van der Waals surface area (Å²) in [5, 5.41) is 7.97. The number of carbonyl (C=O) groups excluding carboxylic acids is 1. The summed E-state index contributed by atoms with van der Waals surface area (Å²) in [6.45, 7) is 2.06. The summed E-state index contributed by atoms with van der Waals surface area (Å²) in [7, 11) is 0. The molecule has 31 heavy (non-hydrogen) atoms. The molecule has 4 aromatic rings. The SMILES string of the molecule is CCCc1nn2c(=O)cc(CSc3ccccc3NC(=O)c3ccccc3F)nc2s1. The minimum Gasteiger partial charge on any atom is -0.321 e. The molecule has 0 saturated carbocycles. The number of hydrogen-bond acceptors (Lipinski definition) is 6. The van der Waals surface area contributed by atoms with Crippen molar-refractivity contribution in [1.29, 1.82) is 0 Å². The van der Waals surface area contributed by atoms with Gasteiger partial charge in [0.15, 0.2) is 0 Å². The highest BCUT2D eigenvalue weighted by Crippen LogP contribution is 2.30. The normalized spacial score (nSPS) is 11.0. The van der Waals surface area contributed by atoms with Gasteiger partial charge in [-0.1, -0.05) is 42.5 Å². The van der Waals surface area contributed by atoms with E-state index in [9.17, 15) is 14.0 Å². The standard InChI is InChI=1S/C22H19FN4O2S2/c1-2-7-19-26-27-20(28)12-14(24-22(27)31-19)13-30-18-11-6-5-10-17(18)25-21(29)15-8-3-4-9-16(15)23/h3-6,8-12H,2,7,13H2,1H3,(H,25,29). The number of nitrogens with zero attached hydrogens (tertiary/aromatic N) is 3. The summed E-state index contributed by atoms with van der Waals surface area (Å²) >= 11 is 2.86. The van der Waals surface area contributed by atoms with E-state index in [-0.39, 0.29) is 11.1 Å². The van der Waals surface area contributed by atoms with E-state index in [1.807, 2.05) is 12.1 Å². The van der Waals surface area contributed by atoms with Crippen LogP contribution in [0.5, 0.6) is 0 Å². The number of halogens is 1. The lowest BCUT2D eigenvalue weighted by Crippen LogP contribution is -2.15. The molecule has 0 saturated heterocycles. The summed E-state index contributed by atoms with van der Waals surface area (Å²) in [6, 6.07) is 14.6. The fourth-order valence-corrected chi connectivity index (χ4v) is 4.89. The van der Waals surface area contributed by atoms with Crippen LogP contribution in [0.3, 0.4) is 0 Å². The van der Waals surface area contributed by atoms with E-state index < -0.39 is 11.7 Å². The monoisotopic (exact) mass is 454 g/mol. The van der Waals surface area contributed by atoms with Crippen LogP contribution >= 0.6 is 23.1 Å². The van der Waals surface area contributed by atoms with Crippen molar-refractivity contribution in [2.24, 2.45) is 0 Å². The van der Waals surface area contributed by atoms with Gasteiger partial charge >= 0.3 is 0 Å². The topological polar surface area (TPSA) is 76.4 Å². The highest BCUT2D eigenvalue weighted by atomic mass is 32.2. The molecular formula is C22H19FN4O2S2. The fraction of sp³-hybridized carbons (Fsp3) is 0.182. The minimum atomic E-state index is -0.574. The zero-order chi connectivity index (χ0) is 21.8. The van der Waals surface area contributed by atoms with Crippen LogP contribution in [0.15, 0.2) is 64.3 Å². The molecular weight excluding hydrogens is 435 g/mol. The van der Waals surface area contributed by atoms with Crippen molar-refractivity contribution in [2.75, 3.05) is 5.32 Å². The van der Waals surface area contributed by atoms with Gasteiger partial charge in [0.2, 0.25) is 4.96 Å². The lowest BCUT2D eigenvalue weighted by molar-refractivity contribution is 0.102. The van der Waals surface area contributed by atoms with Crippen molar-refractivity contribution in [2.45, 2.75) is 30.4 Å². The van der Waals surface area contributed by atoms with Crippen LogP contribution in [0.25, 0.3) is 4.96 Å². The minimum absolute atomic E-state index is 0.0180. The second-order valence-electron chi connectivity index (χ2n) is 6.74. The fourth-order valence-electron chi connectivity index (χ4n) is 2.97. The average molecular weight is 455 g/mol. The van der Waals surface area contributed by atoms with Crippen molar-refractivity contribution in [3.8, 4) is 0 Å². The average Bonchev–Trinajstić information content (AvgIpc) is 3.17. The molecule has 4 rings (SSSR count). The Morgan fingerprint density at radius 2 is 1.97 bits per heavy atom. The molecule has 6 nitrogen and oxygen atoms in total. The Labute approximate surface area is 186 Å². The van der Waals surface area contributed by atoms with Crippen molar-refractivity contribution in [3.05, 3.63) is 87.0 Å². The lowest BCUT2D eigenvalue weighted by atomic mass is 10.2. The third-order valence-electron chi connectivity index (χ3n) is 4.43. The predicted molar refractivity (Wildman–Crippen MR) is 121 cm³/mol. The quantitative estimate of drug-likeness (QED) is 0.407. The van der Waals surface area contributed by atoms with Gasteiger partial charge < -0.3 is 5.32 Å². The number of carbonyl (C=O) groups is 1. The molecule has 158 valence electrons. The Balaban J connectivity index is 1.52. The molecule has 0 spiro atoms. The molecule has 2 aromatic heterocycles. The number of para-hydroxylation sites is 1. The zero-order valence-corrected chi connectivity index (χ0v) is 18.3. The first-order valence-electron chi connectivity index (χ1n) is 9.71. The van der Waals surface area contributed by atoms with Crippen molar-refractivity contribution in [3.63, 3.8) is 0 Å². The second-order valence-corrected chi connectivity index (χ2v) is 8.80. The number of aromatic nitrogens is 3. The highest BCUT2D eigenvalue weighted by molar-refractivity contribution is 7.98. The van der Waals surface area contributed by atoms with Crippen LogP contribution in [0.4, 0.5) is 10.1 Å². The van der Waals surface area contributed by atoms with E-state index in [0.29, 0.717) is 22.1 Å². The van der Waals surface area contributed by atoms with E-state index in [2.05, 4.69) is 22.3 Å². The van der Waals surface area contributed by atoms with Crippen molar-refractivity contribution < 1.29 is 9.18 Å². The second kappa shape index (κ2) is 9.40. The summed E-state index contributed by atoms with van der Waals surface area (Å²) in [5.41, 5.74) is 0.981. The number of hydrogen-bond donors (Lipinski definition) is 1. The molecule has 0 atom stereocenters. The lowest BCUT2D eigenvalue weighted by Gasteiger charge is -2.11. The first-order valence-corrected chi connectivity index (χ1v) is 11.5. The smallest absolute Gasteiger partial charge is 0.275 e. The van der Waals surface area contributed by atoms with E-state index in [4.69, 9.17) is 0 Å². The van der Waals surface area contributed by atoms with Gasteiger partial charge in [-0.25, -0.2) is 9.37 Å². The predicted octanol–water partition coefficient (Wildman–Crippen LogP) is 4.79. The number of fused-ring (bicyclic) bond motifs is 1. The molecule has 0 unspecified atom stereocenters. The molecule has 0 aliphatic heterocycles. The van der Waals surface area contributed by atoms with Gasteiger partial charge in [-0.3, -0.25) is 9.59 Å². The number of benzene rings is 2. The summed E-state index contributed by atoms with van der Waals surface area (Å²) in [4.78, 5) is 30.8. The summed E-state index contributed by atoms with van der Waals surface area (Å²) in [5.74, 6) is -0.647. The van der Waals surface area contributed by atoms with Crippen LogP contribution in [-0.4, -0.2) is 20.5 Å². The van der Waals surface area contributed by atoms with Gasteiger partial charge in [0.25, 0.3) is 11.5 Å². The van der Waals surface area contributed by atoms with Gasteiger partial charge in [0.05, 0.1) is 16.9 Å². The third kappa shape index (κ3) is 4.83. The number of rotatable bonds is 7. The molecule has 2 aromatic carbocycles. The Morgan fingerprint density at radius 1 is 1.19 bits per heavy atom. The third-order valence-corrected chi connectivity index (χ3v) is 6.51. The van der Waals surface area contributed by atoms with E-state index in [0.717, 1.165) is 22.7 Å². The highest BCUT2D eigenvalue weighted by Gasteiger charge is 2.14. The molecule has 0 radical (unpaired) electrons. The van der Waals surface area contributed by atoms with Crippen LogP contribution < -0.4 is 10.9 Å². The van der Waals surface area contributed by atoms with Gasteiger partial charge in [0, 0.05) is 23.1 Å². The maximum absolute atomic E-state index is 13.9. The molecule has 0 aliphatic rings. The number of nitrogens with one attached hydrogen (secondary N) is 1. The number of aryl methyl sites for hydroxylation is 1. The maximum Gasteiger partial charge on any atom is 0.275 e. The van der Waals surface area contributed by atoms with Crippen LogP contribution in [0.2, 0.25) is 0 Å². The van der Waals surface area contributed by atoms with Crippen LogP contribution in [0.1, 0.15) is 34.4 Å². The van der Waals surface area contributed by atoms with Gasteiger partial charge in [-0.15, -0.1) is 11.8 Å². The molecule has 0 fully saturated rings. The molecule has 1 N–H and O–H groups in total. The zero-order valence-electron chi connectivity index (χ0n) is 16.7. The molecule has 1 amide bonds. The Kier molecular flexibility index (Phi) is 6.43. The molecule has 9 heteroatoms.